The molecular weight excluding hydrogens is 441 g/mol. The Balaban J connectivity index is 0.00000243. The van der Waals surface area contributed by atoms with Crippen LogP contribution in [0.3, 0.4) is 0 Å². The third kappa shape index (κ3) is 5.97. The van der Waals surface area contributed by atoms with Crippen molar-refractivity contribution in [3.63, 3.8) is 0 Å². The summed E-state index contributed by atoms with van der Waals surface area (Å²) in [5.74, 6) is 1.97. The number of aromatic nitrogens is 1. The molecule has 0 aliphatic carbocycles. The van der Waals surface area contributed by atoms with Crippen LogP contribution in [0.1, 0.15) is 44.6 Å². The van der Waals surface area contributed by atoms with Crippen LogP contribution in [-0.2, 0) is 6.54 Å². The van der Waals surface area contributed by atoms with Gasteiger partial charge >= 0.3 is 0 Å². The number of halogens is 1. The number of nitrogens with one attached hydrogen (secondary N) is 1. The second-order valence-corrected chi connectivity index (χ2v) is 6.98. The highest BCUT2D eigenvalue weighted by atomic mass is 127. The van der Waals surface area contributed by atoms with Crippen molar-refractivity contribution in [3.05, 3.63) is 23.9 Å². The monoisotopic (exact) mass is 473 g/mol. The quantitative estimate of drug-likeness (QED) is 0.400. The largest absolute Gasteiger partial charge is 0.391 e. The molecule has 26 heavy (non-hydrogen) atoms. The van der Waals surface area contributed by atoms with Crippen molar-refractivity contribution >= 4 is 35.8 Å². The Morgan fingerprint density at radius 1 is 1.23 bits per heavy atom. The van der Waals surface area contributed by atoms with E-state index < -0.39 is 0 Å². The smallest absolute Gasteiger partial charge is 0.194 e. The summed E-state index contributed by atoms with van der Waals surface area (Å²) in [6, 6.07) is 4.27. The van der Waals surface area contributed by atoms with E-state index in [1.54, 1.807) is 0 Å². The fourth-order valence-corrected chi connectivity index (χ4v) is 3.52. The van der Waals surface area contributed by atoms with Gasteiger partial charge in [-0.2, -0.15) is 0 Å². The Kier molecular flexibility index (Phi) is 8.90. The number of likely N-dealkylation sites (tertiary alicyclic amines) is 1. The van der Waals surface area contributed by atoms with Crippen LogP contribution >= 0.6 is 24.0 Å². The Morgan fingerprint density at radius 2 is 2.00 bits per heavy atom. The molecular formula is C19H32IN5O. The van der Waals surface area contributed by atoms with Gasteiger partial charge in [-0.25, -0.2) is 9.98 Å². The molecule has 2 saturated heterocycles. The van der Waals surface area contributed by atoms with Crippen LogP contribution in [0, 0.1) is 0 Å². The number of pyridine rings is 1. The standard InChI is InChI=1S/C19H31N5O.HI/c1-2-20-19(24-12-9-17(25)15-24)22-14-16-7-8-18(21-13-16)23-10-5-3-4-6-11-23;/h7-8,13,17,25H,2-6,9-12,14-15H2,1H3,(H,20,22);1H/t17-;/m1./s1. The van der Waals surface area contributed by atoms with Crippen molar-refractivity contribution in [1.82, 2.24) is 15.2 Å². The van der Waals surface area contributed by atoms with Crippen molar-refractivity contribution in [2.24, 2.45) is 4.99 Å². The minimum Gasteiger partial charge on any atom is -0.391 e. The van der Waals surface area contributed by atoms with Gasteiger partial charge in [0.1, 0.15) is 5.82 Å². The van der Waals surface area contributed by atoms with Gasteiger partial charge in [0.2, 0.25) is 0 Å². The van der Waals surface area contributed by atoms with Gasteiger partial charge in [-0.15, -0.1) is 24.0 Å². The lowest BCUT2D eigenvalue weighted by molar-refractivity contribution is 0.188. The number of aliphatic imine (C=N–C) groups is 1. The zero-order valence-corrected chi connectivity index (χ0v) is 18.1. The summed E-state index contributed by atoms with van der Waals surface area (Å²) in [6.45, 7) is 7.27. The summed E-state index contributed by atoms with van der Waals surface area (Å²) in [5.41, 5.74) is 1.12. The van der Waals surface area contributed by atoms with Crippen molar-refractivity contribution < 1.29 is 5.11 Å². The number of nitrogens with zero attached hydrogens (tertiary/aromatic N) is 4. The first kappa shape index (κ1) is 21.2. The van der Waals surface area contributed by atoms with Gasteiger partial charge in [0.15, 0.2) is 5.96 Å². The van der Waals surface area contributed by atoms with Crippen molar-refractivity contribution in [3.8, 4) is 0 Å². The summed E-state index contributed by atoms with van der Waals surface area (Å²) < 4.78 is 0. The topological polar surface area (TPSA) is 64.0 Å². The summed E-state index contributed by atoms with van der Waals surface area (Å²) in [4.78, 5) is 13.9. The summed E-state index contributed by atoms with van der Waals surface area (Å²) in [6.07, 6.45) is 7.73. The van der Waals surface area contributed by atoms with Crippen molar-refractivity contribution in [2.75, 3.05) is 37.6 Å². The average Bonchev–Trinajstić information content (AvgIpc) is 2.89. The average molecular weight is 473 g/mol. The van der Waals surface area contributed by atoms with Crippen LogP contribution in [0.25, 0.3) is 0 Å². The van der Waals surface area contributed by atoms with Crippen molar-refractivity contribution in [2.45, 2.75) is 51.7 Å². The molecule has 1 atom stereocenters. The van der Waals surface area contributed by atoms with Gasteiger partial charge in [-0.3, -0.25) is 0 Å². The minimum atomic E-state index is -0.238. The van der Waals surface area contributed by atoms with E-state index in [0.717, 1.165) is 49.9 Å². The molecule has 2 fully saturated rings. The number of guanidine groups is 1. The number of β-amino-alcohol motifs (C(OH)–C–C–N with tert-alkyl or cyclic N) is 1. The molecule has 2 aliphatic heterocycles. The first-order chi connectivity index (χ1) is 12.3. The lowest BCUT2D eigenvalue weighted by Gasteiger charge is -2.22. The number of rotatable bonds is 4. The Hall–Kier alpha value is -1.09. The number of aliphatic hydroxyl groups excluding tert-OH is 1. The maximum Gasteiger partial charge on any atom is 0.194 e. The first-order valence-corrected chi connectivity index (χ1v) is 9.67. The predicted molar refractivity (Wildman–Crippen MR) is 117 cm³/mol. The molecule has 0 saturated carbocycles. The third-order valence-electron chi connectivity index (χ3n) is 4.95. The molecule has 1 aromatic rings. The summed E-state index contributed by atoms with van der Waals surface area (Å²) in [7, 11) is 0. The van der Waals surface area contributed by atoms with E-state index in [4.69, 9.17) is 4.99 Å². The fourth-order valence-electron chi connectivity index (χ4n) is 3.52. The summed E-state index contributed by atoms with van der Waals surface area (Å²) in [5, 5.41) is 13.1. The highest BCUT2D eigenvalue weighted by Gasteiger charge is 2.22. The Bertz CT molecular complexity index is 558. The molecule has 0 bridgehead atoms. The van der Waals surface area contributed by atoms with Crippen LogP contribution in [0.2, 0.25) is 0 Å². The van der Waals surface area contributed by atoms with Gasteiger partial charge in [-0.05, 0) is 37.8 Å². The second kappa shape index (κ2) is 10.9. The van der Waals surface area contributed by atoms with Crippen LogP contribution in [0.5, 0.6) is 0 Å². The predicted octanol–water partition coefficient (Wildman–Crippen LogP) is 2.61. The van der Waals surface area contributed by atoms with E-state index >= 15 is 0 Å². The minimum absolute atomic E-state index is 0. The number of hydrogen-bond acceptors (Lipinski definition) is 4. The molecule has 0 radical (unpaired) electrons. The molecule has 2 N–H and O–H groups in total. The van der Waals surface area contributed by atoms with Crippen molar-refractivity contribution in [1.29, 1.82) is 0 Å². The Labute approximate surface area is 174 Å². The van der Waals surface area contributed by atoms with E-state index in [-0.39, 0.29) is 30.1 Å². The molecule has 146 valence electrons. The molecule has 0 aromatic carbocycles. The maximum atomic E-state index is 9.74. The fraction of sp³-hybridized carbons (Fsp3) is 0.684. The molecule has 1 aromatic heterocycles. The SMILES string of the molecule is CCNC(=NCc1ccc(N2CCCCCC2)nc1)N1CC[C@@H](O)C1.I. The zero-order valence-electron chi connectivity index (χ0n) is 15.7. The molecule has 3 rings (SSSR count). The van der Waals surface area contributed by atoms with Gasteiger partial charge in [0, 0.05) is 38.9 Å². The first-order valence-electron chi connectivity index (χ1n) is 9.67. The van der Waals surface area contributed by atoms with E-state index in [9.17, 15) is 5.11 Å². The molecule has 0 amide bonds. The van der Waals surface area contributed by atoms with E-state index in [0.29, 0.717) is 13.1 Å². The van der Waals surface area contributed by atoms with E-state index in [1.807, 2.05) is 6.20 Å². The van der Waals surface area contributed by atoms with E-state index in [2.05, 4.69) is 39.2 Å². The maximum absolute atomic E-state index is 9.74. The second-order valence-electron chi connectivity index (χ2n) is 6.98. The number of aliphatic hydroxyl groups is 1. The summed E-state index contributed by atoms with van der Waals surface area (Å²) >= 11 is 0. The Morgan fingerprint density at radius 3 is 2.58 bits per heavy atom. The number of hydrogen-bond donors (Lipinski definition) is 2. The molecule has 6 nitrogen and oxygen atoms in total. The molecule has 3 heterocycles. The van der Waals surface area contributed by atoms with Gasteiger partial charge in [0.25, 0.3) is 0 Å². The number of anilines is 1. The van der Waals surface area contributed by atoms with E-state index in [1.165, 1.54) is 25.7 Å². The highest BCUT2D eigenvalue weighted by Crippen LogP contribution is 2.18. The van der Waals surface area contributed by atoms with Gasteiger partial charge in [-0.1, -0.05) is 18.9 Å². The normalized spacial score (nSPS) is 21.3. The molecule has 7 heteroatoms. The lowest BCUT2D eigenvalue weighted by atomic mass is 10.2. The molecule has 0 spiro atoms. The van der Waals surface area contributed by atoms with Crippen LogP contribution < -0.4 is 10.2 Å². The third-order valence-corrected chi connectivity index (χ3v) is 4.95. The van der Waals surface area contributed by atoms with Gasteiger partial charge in [0.05, 0.1) is 12.6 Å². The lowest BCUT2D eigenvalue weighted by Crippen LogP contribution is -2.40. The zero-order chi connectivity index (χ0) is 17.5. The van der Waals surface area contributed by atoms with Crippen LogP contribution in [-0.4, -0.2) is 59.8 Å². The van der Waals surface area contributed by atoms with Crippen LogP contribution in [0.15, 0.2) is 23.3 Å². The highest BCUT2D eigenvalue weighted by molar-refractivity contribution is 14.0. The van der Waals surface area contributed by atoms with Gasteiger partial charge < -0.3 is 20.2 Å². The van der Waals surface area contributed by atoms with Crippen LogP contribution in [0.4, 0.5) is 5.82 Å². The molecule has 0 unspecified atom stereocenters. The molecule has 2 aliphatic rings.